The standard InChI is InChI=1S/C22H16FN5O2/c1-13(28(25)22-15(10-24)11-26-12-27-22)18-19(29)16-8-5-9-17(23)21(16)30-20(18)14-6-3-2-4-7-14/h2-9,11-13H,25H2,1H3. The highest BCUT2D eigenvalue weighted by Crippen LogP contribution is 2.33. The number of para-hydroxylation sites is 1. The summed E-state index contributed by atoms with van der Waals surface area (Å²) in [6.07, 6.45) is 2.60. The Hall–Kier alpha value is -4.09. The van der Waals surface area contributed by atoms with Gasteiger partial charge in [0.25, 0.3) is 0 Å². The Morgan fingerprint density at radius 1 is 1.20 bits per heavy atom. The first kappa shape index (κ1) is 19.2. The zero-order chi connectivity index (χ0) is 21.3. The van der Waals surface area contributed by atoms with Gasteiger partial charge in [-0.1, -0.05) is 36.4 Å². The Bertz CT molecular complexity index is 1330. The third-order valence-electron chi connectivity index (χ3n) is 4.83. The number of nitriles is 1. The summed E-state index contributed by atoms with van der Waals surface area (Å²) in [6.45, 7) is 1.69. The third-order valence-corrected chi connectivity index (χ3v) is 4.83. The molecule has 4 aromatic rings. The zero-order valence-electron chi connectivity index (χ0n) is 15.9. The van der Waals surface area contributed by atoms with E-state index in [4.69, 9.17) is 10.3 Å². The number of rotatable bonds is 4. The Morgan fingerprint density at radius 3 is 2.70 bits per heavy atom. The second kappa shape index (κ2) is 7.73. The van der Waals surface area contributed by atoms with Crippen LogP contribution in [0.2, 0.25) is 0 Å². The number of hydrogen-bond acceptors (Lipinski definition) is 7. The molecule has 1 atom stereocenters. The molecule has 2 N–H and O–H groups in total. The zero-order valence-corrected chi connectivity index (χ0v) is 15.9. The van der Waals surface area contributed by atoms with Gasteiger partial charge in [-0.05, 0) is 19.1 Å². The number of aromatic nitrogens is 2. The molecule has 0 aliphatic heterocycles. The summed E-state index contributed by atoms with van der Waals surface area (Å²) in [5.74, 6) is 6.01. The molecule has 4 rings (SSSR count). The number of nitrogens with zero attached hydrogens (tertiary/aromatic N) is 4. The van der Waals surface area contributed by atoms with Gasteiger partial charge in [-0.15, -0.1) is 0 Å². The summed E-state index contributed by atoms with van der Waals surface area (Å²) in [6, 6.07) is 14.3. The van der Waals surface area contributed by atoms with Gasteiger partial charge in [0.2, 0.25) is 0 Å². The fourth-order valence-corrected chi connectivity index (χ4v) is 3.31. The first-order valence-corrected chi connectivity index (χ1v) is 9.07. The van der Waals surface area contributed by atoms with Crippen molar-refractivity contribution in [3.05, 3.63) is 88.2 Å². The van der Waals surface area contributed by atoms with Crippen LogP contribution in [0.3, 0.4) is 0 Å². The van der Waals surface area contributed by atoms with E-state index < -0.39 is 17.3 Å². The molecular formula is C22H16FN5O2. The highest BCUT2D eigenvalue weighted by Gasteiger charge is 2.27. The highest BCUT2D eigenvalue weighted by atomic mass is 19.1. The van der Waals surface area contributed by atoms with Gasteiger partial charge in [-0.3, -0.25) is 9.80 Å². The SMILES string of the molecule is CC(c1c(-c2ccccc2)oc2c(F)cccc2c1=O)N(N)c1ncncc1C#N. The maximum atomic E-state index is 14.4. The highest BCUT2D eigenvalue weighted by molar-refractivity contribution is 5.81. The van der Waals surface area contributed by atoms with E-state index in [9.17, 15) is 14.4 Å². The smallest absolute Gasteiger partial charge is 0.198 e. The third kappa shape index (κ3) is 3.17. The molecule has 2 heterocycles. The molecule has 148 valence electrons. The average Bonchev–Trinajstić information content (AvgIpc) is 2.79. The van der Waals surface area contributed by atoms with Crippen molar-refractivity contribution in [2.24, 2.45) is 5.84 Å². The van der Waals surface area contributed by atoms with Gasteiger partial charge in [0.05, 0.1) is 23.2 Å². The van der Waals surface area contributed by atoms with Crippen LogP contribution in [-0.4, -0.2) is 9.97 Å². The van der Waals surface area contributed by atoms with Crippen molar-refractivity contribution in [1.82, 2.24) is 9.97 Å². The van der Waals surface area contributed by atoms with E-state index in [1.54, 1.807) is 31.2 Å². The van der Waals surface area contributed by atoms with Crippen molar-refractivity contribution < 1.29 is 8.81 Å². The average molecular weight is 401 g/mol. The number of nitrogens with two attached hydrogens (primary N) is 1. The summed E-state index contributed by atoms with van der Waals surface area (Å²) < 4.78 is 20.3. The Morgan fingerprint density at radius 2 is 1.97 bits per heavy atom. The lowest BCUT2D eigenvalue weighted by molar-refractivity contribution is 0.547. The van der Waals surface area contributed by atoms with E-state index in [1.165, 1.54) is 35.7 Å². The van der Waals surface area contributed by atoms with Crippen molar-refractivity contribution in [1.29, 1.82) is 5.26 Å². The molecular weight excluding hydrogens is 385 g/mol. The molecule has 0 fully saturated rings. The lowest BCUT2D eigenvalue weighted by Gasteiger charge is -2.26. The first-order chi connectivity index (χ1) is 14.5. The van der Waals surface area contributed by atoms with Crippen molar-refractivity contribution in [3.63, 3.8) is 0 Å². The summed E-state index contributed by atoms with van der Waals surface area (Å²) in [5.41, 5.74) is 0.442. The quantitative estimate of drug-likeness (QED) is 0.410. The van der Waals surface area contributed by atoms with Gasteiger partial charge in [0.15, 0.2) is 22.6 Å². The van der Waals surface area contributed by atoms with Gasteiger partial charge < -0.3 is 4.42 Å². The number of hydrogen-bond donors (Lipinski definition) is 1. The maximum Gasteiger partial charge on any atom is 0.198 e. The van der Waals surface area contributed by atoms with Crippen LogP contribution >= 0.6 is 0 Å². The summed E-state index contributed by atoms with van der Waals surface area (Å²) in [4.78, 5) is 21.3. The van der Waals surface area contributed by atoms with Gasteiger partial charge in [-0.25, -0.2) is 20.2 Å². The summed E-state index contributed by atoms with van der Waals surface area (Å²) in [7, 11) is 0. The van der Waals surface area contributed by atoms with Crippen LogP contribution in [0.1, 0.15) is 24.1 Å². The van der Waals surface area contributed by atoms with Crippen molar-refractivity contribution >= 4 is 16.8 Å². The predicted octanol–water partition coefficient (Wildman–Crippen LogP) is 3.70. The number of fused-ring (bicyclic) bond motifs is 1. The Labute approximate surface area is 170 Å². The van der Waals surface area contributed by atoms with E-state index in [2.05, 4.69) is 9.97 Å². The molecule has 7 nitrogen and oxygen atoms in total. The largest absolute Gasteiger partial charge is 0.452 e. The molecule has 0 amide bonds. The predicted molar refractivity (Wildman–Crippen MR) is 110 cm³/mol. The van der Waals surface area contributed by atoms with Gasteiger partial charge in [0.1, 0.15) is 23.7 Å². The van der Waals surface area contributed by atoms with Crippen LogP contribution in [-0.2, 0) is 0 Å². The molecule has 2 aromatic heterocycles. The summed E-state index contributed by atoms with van der Waals surface area (Å²) in [5, 5.41) is 10.7. The van der Waals surface area contributed by atoms with E-state index >= 15 is 0 Å². The molecule has 8 heteroatoms. The monoisotopic (exact) mass is 401 g/mol. The Balaban J connectivity index is 1.98. The lowest BCUT2D eigenvalue weighted by Crippen LogP contribution is -2.37. The van der Waals surface area contributed by atoms with Crippen LogP contribution < -0.4 is 16.3 Å². The molecule has 0 saturated carbocycles. The van der Waals surface area contributed by atoms with Crippen molar-refractivity contribution in [3.8, 4) is 17.4 Å². The van der Waals surface area contributed by atoms with Gasteiger partial charge >= 0.3 is 0 Å². The molecule has 0 aliphatic rings. The van der Waals surface area contributed by atoms with Crippen LogP contribution in [0, 0.1) is 17.1 Å². The fraction of sp³-hybridized carbons (Fsp3) is 0.0909. The molecule has 2 aromatic carbocycles. The number of halogens is 1. The maximum absolute atomic E-state index is 14.4. The number of anilines is 1. The fourth-order valence-electron chi connectivity index (χ4n) is 3.31. The molecule has 0 radical (unpaired) electrons. The minimum Gasteiger partial charge on any atom is -0.452 e. The van der Waals surface area contributed by atoms with Crippen molar-refractivity contribution in [2.75, 3.05) is 5.01 Å². The molecule has 0 saturated heterocycles. The van der Waals surface area contributed by atoms with E-state index in [1.807, 2.05) is 12.1 Å². The second-order valence-corrected chi connectivity index (χ2v) is 6.61. The lowest BCUT2D eigenvalue weighted by atomic mass is 9.99. The molecule has 0 bridgehead atoms. The molecule has 0 aliphatic carbocycles. The van der Waals surface area contributed by atoms with E-state index in [-0.39, 0.29) is 33.7 Å². The second-order valence-electron chi connectivity index (χ2n) is 6.61. The summed E-state index contributed by atoms with van der Waals surface area (Å²) >= 11 is 0. The number of hydrazine groups is 1. The molecule has 0 spiro atoms. The number of benzene rings is 2. The van der Waals surface area contributed by atoms with E-state index in [0.29, 0.717) is 5.56 Å². The minimum absolute atomic E-state index is 0.105. The van der Waals surface area contributed by atoms with Gasteiger partial charge in [-0.2, -0.15) is 5.26 Å². The van der Waals surface area contributed by atoms with E-state index in [0.717, 1.165) is 0 Å². The van der Waals surface area contributed by atoms with Crippen molar-refractivity contribution in [2.45, 2.75) is 13.0 Å². The molecule has 30 heavy (non-hydrogen) atoms. The first-order valence-electron chi connectivity index (χ1n) is 9.07. The van der Waals surface area contributed by atoms with Crippen LogP contribution in [0.25, 0.3) is 22.3 Å². The normalized spacial score (nSPS) is 11.8. The Kier molecular flexibility index (Phi) is 4.96. The van der Waals surface area contributed by atoms with Crippen LogP contribution in [0.4, 0.5) is 10.2 Å². The molecule has 1 unspecified atom stereocenters. The van der Waals surface area contributed by atoms with Crippen LogP contribution in [0.5, 0.6) is 0 Å². The minimum atomic E-state index is -0.744. The van der Waals surface area contributed by atoms with Gasteiger partial charge in [0, 0.05) is 5.56 Å². The van der Waals surface area contributed by atoms with Crippen LogP contribution in [0.15, 0.2) is 70.3 Å². The topological polar surface area (TPSA) is 109 Å².